The lowest BCUT2D eigenvalue weighted by molar-refractivity contribution is 0.256. The van der Waals surface area contributed by atoms with E-state index in [0.29, 0.717) is 11.8 Å². The van der Waals surface area contributed by atoms with Crippen LogP contribution in [-0.2, 0) is 5.54 Å². The highest BCUT2D eigenvalue weighted by molar-refractivity contribution is 5.29. The Morgan fingerprint density at radius 3 is 2.35 bits per heavy atom. The molecule has 6 heteroatoms. The summed E-state index contributed by atoms with van der Waals surface area (Å²) in [6.45, 7) is 3.98. The van der Waals surface area contributed by atoms with Crippen molar-refractivity contribution in [1.29, 1.82) is 0 Å². The van der Waals surface area contributed by atoms with Gasteiger partial charge in [0.25, 0.3) is 5.95 Å². The highest BCUT2D eigenvalue weighted by atomic mass is 16.5. The predicted molar refractivity (Wildman–Crippen MR) is 77.6 cm³/mol. The van der Waals surface area contributed by atoms with E-state index in [1.165, 1.54) is 12.8 Å². The summed E-state index contributed by atoms with van der Waals surface area (Å²) in [7, 11) is 2.14. The van der Waals surface area contributed by atoms with Gasteiger partial charge in [0.2, 0.25) is 5.89 Å². The van der Waals surface area contributed by atoms with Crippen LogP contribution in [0, 0.1) is 0 Å². The molecule has 1 saturated heterocycles. The normalized spacial score (nSPS) is 24.6. The predicted octanol–water partition coefficient (Wildman–Crippen LogP) is 1.33. The Balaban J connectivity index is 1.72. The molecule has 0 spiro atoms. The zero-order chi connectivity index (χ0) is 14.0. The van der Waals surface area contributed by atoms with E-state index >= 15 is 0 Å². The van der Waals surface area contributed by atoms with Gasteiger partial charge in [-0.3, -0.25) is 0 Å². The lowest BCUT2D eigenvalue weighted by Crippen LogP contribution is -2.45. The molecule has 20 heavy (non-hydrogen) atoms. The van der Waals surface area contributed by atoms with Crippen molar-refractivity contribution in [3.05, 3.63) is 5.89 Å². The molecule has 2 aliphatic rings. The Bertz CT molecular complexity index is 431. The van der Waals surface area contributed by atoms with E-state index in [0.717, 1.165) is 51.9 Å². The monoisotopic (exact) mass is 279 g/mol. The molecular formula is C14H25N5O. The largest absolute Gasteiger partial charge is 0.336 e. The number of anilines is 1. The first-order valence-corrected chi connectivity index (χ1v) is 7.74. The molecule has 0 bridgehead atoms. The Morgan fingerprint density at radius 2 is 1.70 bits per heavy atom. The van der Waals surface area contributed by atoms with Crippen molar-refractivity contribution in [3.8, 4) is 0 Å². The average Bonchev–Trinajstić information content (AvgIpc) is 2.84. The van der Waals surface area contributed by atoms with Crippen molar-refractivity contribution in [2.45, 2.75) is 44.1 Å². The van der Waals surface area contributed by atoms with Crippen LogP contribution < -0.4 is 10.6 Å². The van der Waals surface area contributed by atoms with Crippen LogP contribution in [0.15, 0.2) is 4.52 Å². The first-order valence-electron chi connectivity index (χ1n) is 7.74. The van der Waals surface area contributed by atoms with Crippen LogP contribution in [0.2, 0.25) is 0 Å². The van der Waals surface area contributed by atoms with Gasteiger partial charge in [-0.05, 0) is 25.0 Å². The van der Waals surface area contributed by atoms with Gasteiger partial charge < -0.3 is 20.1 Å². The second-order valence-electron chi connectivity index (χ2n) is 6.26. The molecule has 6 nitrogen and oxygen atoms in total. The van der Waals surface area contributed by atoms with Crippen LogP contribution in [0.3, 0.4) is 0 Å². The van der Waals surface area contributed by atoms with Crippen LogP contribution in [-0.4, -0.2) is 48.3 Å². The van der Waals surface area contributed by atoms with Gasteiger partial charge >= 0.3 is 0 Å². The van der Waals surface area contributed by atoms with Gasteiger partial charge in [0.05, 0.1) is 5.54 Å². The number of hydrogen-bond donors (Lipinski definition) is 1. The molecule has 2 N–H and O–H groups in total. The minimum atomic E-state index is -0.408. The van der Waals surface area contributed by atoms with Gasteiger partial charge in [-0.15, -0.1) is 0 Å². The fraction of sp³-hybridized carbons (Fsp3) is 0.857. The third-order valence-electron chi connectivity index (χ3n) is 4.62. The van der Waals surface area contributed by atoms with Crippen LogP contribution >= 0.6 is 0 Å². The molecule has 1 aliphatic heterocycles. The zero-order valence-corrected chi connectivity index (χ0v) is 12.3. The maximum atomic E-state index is 6.52. The Kier molecular flexibility index (Phi) is 3.94. The molecule has 0 unspecified atom stereocenters. The minimum Gasteiger partial charge on any atom is -0.336 e. The van der Waals surface area contributed by atoms with E-state index in [1.807, 2.05) is 0 Å². The average molecular weight is 279 g/mol. The summed E-state index contributed by atoms with van der Waals surface area (Å²) >= 11 is 0. The van der Waals surface area contributed by atoms with Crippen LogP contribution in [0.1, 0.15) is 44.4 Å². The van der Waals surface area contributed by atoms with E-state index < -0.39 is 5.54 Å². The second kappa shape index (κ2) is 5.69. The number of rotatable bonds is 2. The van der Waals surface area contributed by atoms with E-state index in [2.05, 4.69) is 27.0 Å². The third kappa shape index (κ3) is 2.81. The summed E-state index contributed by atoms with van der Waals surface area (Å²) in [6, 6.07) is 0. The molecule has 0 atom stereocenters. The van der Waals surface area contributed by atoms with Crippen LogP contribution in [0.25, 0.3) is 0 Å². The SMILES string of the molecule is CN1CCN(c2noc(C3(N)CCCCCC3)n2)CC1. The maximum absolute atomic E-state index is 6.52. The summed E-state index contributed by atoms with van der Waals surface area (Å²) in [4.78, 5) is 9.10. The molecule has 2 fully saturated rings. The number of aromatic nitrogens is 2. The maximum Gasteiger partial charge on any atom is 0.266 e. The number of piperazine rings is 1. The number of nitrogens with two attached hydrogens (primary N) is 1. The first-order chi connectivity index (χ1) is 9.67. The van der Waals surface area contributed by atoms with E-state index in [9.17, 15) is 0 Å². The highest BCUT2D eigenvalue weighted by Crippen LogP contribution is 2.33. The van der Waals surface area contributed by atoms with Gasteiger partial charge in [-0.25, -0.2) is 0 Å². The van der Waals surface area contributed by atoms with Crippen molar-refractivity contribution in [1.82, 2.24) is 15.0 Å². The van der Waals surface area contributed by atoms with E-state index in [1.54, 1.807) is 0 Å². The number of hydrogen-bond acceptors (Lipinski definition) is 6. The second-order valence-corrected chi connectivity index (χ2v) is 6.26. The Morgan fingerprint density at radius 1 is 1.05 bits per heavy atom. The van der Waals surface area contributed by atoms with Crippen molar-refractivity contribution >= 4 is 5.95 Å². The molecule has 1 aliphatic carbocycles. The molecule has 3 rings (SSSR count). The fourth-order valence-corrected chi connectivity index (χ4v) is 3.13. The quantitative estimate of drug-likeness (QED) is 0.824. The summed E-state index contributed by atoms with van der Waals surface area (Å²) < 4.78 is 5.50. The summed E-state index contributed by atoms with van der Waals surface area (Å²) in [5.41, 5.74) is 6.11. The standard InChI is InChI=1S/C14H25N5O/c1-18-8-10-19(11-9-18)13-16-12(20-17-13)14(15)6-4-2-3-5-7-14/h2-11,15H2,1H3. The van der Waals surface area contributed by atoms with Gasteiger partial charge in [0.15, 0.2) is 0 Å². The number of likely N-dealkylation sites (N-methyl/N-ethyl adjacent to an activating group) is 1. The van der Waals surface area contributed by atoms with Crippen molar-refractivity contribution in [2.24, 2.45) is 5.73 Å². The molecule has 1 aromatic rings. The Labute approximate surface area is 120 Å². The van der Waals surface area contributed by atoms with E-state index in [4.69, 9.17) is 10.3 Å². The molecule has 0 aromatic carbocycles. The van der Waals surface area contributed by atoms with Crippen molar-refractivity contribution in [2.75, 3.05) is 38.1 Å². The lowest BCUT2D eigenvalue weighted by Gasteiger charge is -2.31. The van der Waals surface area contributed by atoms with Crippen molar-refractivity contribution in [3.63, 3.8) is 0 Å². The molecular weight excluding hydrogens is 254 g/mol. The van der Waals surface area contributed by atoms with E-state index in [-0.39, 0.29) is 0 Å². The van der Waals surface area contributed by atoms with Crippen LogP contribution in [0.4, 0.5) is 5.95 Å². The summed E-state index contributed by atoms with van der Waals surface area (Å²) in [5.74, 6) is 1.34. The highest BCUT2D eigenvalue weighted by Gasteiger charge is 2.35. The first kappa shape index (κ1) is 13.8. The van der Waals surface area contributed by atoms with Crippen molar-refractivity contribution < 1.29 is 4.52 Å². The molecule has 112 valence electrons. The lowest BCUT2D eigenvalue weighted by atomic mass is 9.91. The molecule has 1 aromatic heterocycles. The molecule has 1 saturated carbocycles. The van der Waals surface area contributed by atoms with Gasteiger partial charge in [-0.2, -0.15) is 4.98 Å². The van der Waals surface area contributed by atoms with Gasteiger partial charge in [-0.1, -0.05) is 25.7 Å². The molecule has 0 radical (unpaired) electrons. The molecule has 2 heterocycles. The summed E-state index contributed by atoms with van der Waals surface area (Å²) in [5, 5.41) is 4.16. The van der Waals surface area contributed by atoms with Gasteiger partial charge in [0, 0.05) is 26.2 Å². The Hall–Kier alpha value is -1.14. The van der Waals surface area contributed by atoms with Crippen LogP contribution in [0.5, 0.6) is 0 Å². The molecule has 0 amide bonds. The number of nitrogens with zero attached hydrogens (tertiary/aromatic N) is 4. The zero-order valence-electron chi connectivity index (χ0n) is 12.3. The topological polar surface area (TPSA) is 71.4 Å². The third-order valence-corrected chi connectivity index (χ3v) is 4.62. The summed E-state index contributed by atoms with van der Waals surface area (Å²) in [6.07, 6.45) is 6.75. The fourth-order valence-electron chi connectivity index (χ4n) is 3.13. The smallest absolute Gasteiger partial charge is 0.266 e. The minimum absolute atomic E-state index is 0.408. The van der Waals surface area contributed by atoms with Gasteiger partial charge in [0.1, 0.15) is 0 Å².